The summed E-state index contributed by atoms with van der Waals surface area (Å²) in [6.45, 7) is 4.07. The van der Waals surface area contributed by atoms with Gasteiger partial charge in [-0.3, -0.25) is 4.98 Å². The Morgan fingerprint density at radius 3 is 3.00 bits per heavy atom. The largest absolute Gasteiger partial charge is 0.254 e. The fourth-order valence-electron chi connectivity index (χ4n) is 1.14. The molecule has 1 aromatic rings. The van der Waals surface area contributed by atoms with Gasteiger partial charge in [-0.25, -0.2) is 0 Å². The van der Waals surface area contributed by atoms with Crippen LogP contribution >= 0.6 is 0 Å². The maximum atomic E-state index is 4.23. The minimum atomic E-state index is 0.886. The molecule has 0 unspecified atom stereocenters. The first-order valence-electron chi connectivity index (χ1n) is 3.80. The van der Waals surface area contributed by atoms with Crippen molar-refractivity contribution in [3.8, 4) is 0 Å². The molecule has 0 bridgehead atoms. The van der Waals surface area contributed by atoms with Crippen molar-refractivity contribution in [2.45, 2.75) is 13.8 Å². The van der Waals surface area contributed by atoms with Gasteiger partial charge in [0.15, 0.2) is 0 Å². The molecular weight excluding hydrogens is 148 g/mol. The SMILES string of the molecule is Cc1cnc2c(c1C)N=C=C=C2. The van der Waals surface area contributed by atoms with E-state index >= 15 is 0 Å². The number of fused-ring (bicyclic) bond motifs is 1. The third-order valence-corrected chi connectivity index (χ3v) is 2.03. The van der Waals surface area contributed by atoms with E-state index in [0.717, 1.165) is 16.9 Å². The Labute approximate surface area is 71.0 Å². The lowest BCUT2D eigenvalue weighted by molar-refractivity contribution is 1.18. The van der Waals surface area contributed by atoms with Crippen LogP contribution in [0.4, 0.5) is 5.69 Å². The summed E-state index contributed by atoms with van der Waals surface area (Å²) in [6, 6.07) is 0. The van der Waals surface area contributed by atoms with Crippen LogP contribution in [-0.4, -0.2) is 10.9 Å². The summed E-state index contributed by atoms with van der Waals surface area (Å²) in [5.74, 6) is 2.69. The van der Waals surface area contributed by atoms with Gasteiger partial charge >= 0.3 is 0 Å². The van der Waals surface area contributed by atoms with Crippen LogP contribution in [0.2, 0.25) is 0 Å². The molecule has 0 spiro atoms. The minimum absolute atomic E-state index is 0.886. The Kier molecular flexibility index (Phi) is 1.44. The maximum absolute atomic E-state index is 4.23. The molecule has 0 saturated heterocycles. The molecule has 12 heavy (non-hydrogen) atoms. The molecule has 2 heteroatoms. The predicted octanol–water partition coefficient (Wildman–Crippen LogP) is 2.18. The van der Waals surface area contributed by atoms with E-state index in [1.807, 2.05) is 20.0 Å². The number of hydrogen-bond donors (Lipinski definition) is 0. The summed E-state index contributed by atoms with van der Waals surface area (Å²) in [5, 5.41) is 0. The monoisotopic (exact) mass is 156 g/mol. The standard InChI is InChI=1S/C10H8N2/c1-7-6-12-9-4-3-5-11-10(9)8(7)2/h4,6H,1-2H3. The summed E-state index contributed by atoms with van der Waals surface area (Å²) in [5.41, 5.74) is 6.93. The number of aromatic nitrogens is 1. The van der Waals surface area contributed by atoms with Crippen molar-refractivity contribution in [2.24, 2.45) is 4.99 Å². The van der Waals surface area contributed by atoms with E-state index in [9.17, 15) is 0 Å². The quantitative estimate of drug-likeness (QED) is 0.537. The predicted molar refractivity (Wildman–Crippen MR) is 48.8 cm³/mol. The Morgan fingerprint density at radius 1 is 1.33 bits per heavy atom. The highest BCUT2D eigenvalue weighted by molar-refractivity contribution is 5.76. The lowest BCUT2D eigenvalue weighted by atomic mass is 10.1. The van der Waals surface area contributed by atoms with Gasteiger partial charge in [0, 0.05) is 18.1 Å². The Hall–Kier alpha value is -1.62. The van der Waals surface area contributed by atoms with E-state index in [1.54, 1.807) is 6.08 Å². The van der Waals surface area contributed by atoms with Crippen LogP contribution < -0.4 is 0 Å². The summed E-state index contributed by atoms with van der Waals surface area (Å²) in [4.78, 5) is 8.33. The lowest BCUT2D eigenvalue weighted by Gasteiger charge is -2.05. The molecule has 1 aromatic heterocycles. The van der Waals surface area contributed by atoms with Gasteiger partial charge in [-0.2, -0.15) is 4.99 Å². The summed E-state index contributed by atoms with van der Waals surface area (Å²) in [7, 11) is 0. The minimum Gasteiger partial charge on any atom is -0.254 e. The number of pyridine rings is 1. The summed E-state index contributed by atoms with van der Waals surface area (Å²) >= 11 is 0. The van der Waals surface area contributed by atoms with Crippen molar-refractivity contribution in [2.75, 3.05) is 0 Å². The Bertz CT molecular complexity index is 431. The molecule has 1 aliphatic rings. The first-order chi connectivity index (χ1) is 5.79. The molecule has 0 saturated carbocycles. The number of aryl methyl sites for hydroxylation is 1. The molecule has 2 nitrogen and oxygen atoms in total. The van der Waals surface area contributed by atoms with E-state index in [-0.39, 0.29) is 0 Å². The van der Waals surface area contributed by atoms with Crippen molar-refractivity contribution >= 4 is 17.6 Å². The molecule has 0 aliphatic carbocycles. The van der Waals surface area contributed by atoms with Crippen molar-refractivity contribution in [3.63, 3.8) is 0 Å². The zero-order valence-corrected chi connectivity index (χ0v) is 7.05. The second-order valence-electron chi connectivity index (χ2n) is 2.81. The number of nitrogens with zero attached hydrogens (tertiary/aromatic N) is 2. The summed E-state index contributed by atoms with van der Waals surface area (Å²) < 4.78 is 0. The van der Waals surface area contributed by atoms with Crippen LogP contribution in [0.15, 0.2) is 16.9 Å². The molecule has 0 fully saturated rings. The molecule has 2 rings (SSSR count). The lowest BCUT2D eigenvalue weighted by Crippen LogP contribution is -1.90. The normalized spacial score (nSPS) is 11.8. The Balaban J connectivity index is 2.78. The maximum Gasteiger partial charge on any atom is 0.103 e. The van der Waals surface area contributed by atoms with Crippen LogP contribution in [0.1, 0.15) is 16.8 Å². The fraction of sp³-hybridized carbons (Fsp3) is 0.200. The molecule has 0 atom stereocenters. The van der Waals surface area contributed by atoms with Gasteiger partial charge < -0.3 is 0 Å². The molecule has 0 amide bonds. The number of hydrogen-bond acceptors (Lipinski definition) is 2. The number of aliphatic imine (C=N–C) groups is 1. The molecule has 58 valence electrons. The highest BCUT2D eigenvalue weighted by atomic mass is 14.8. The van der Waals surface area contributed by atoms with E-state index in [2.05, 4.69) is 21.6 Å². The van der Waals surface area contributed by atoms with Crippen LogP contribution in [0, 0.1) is 13.8 Å². The molecule has 0 aromatic carbocycles. The van der Waals surface area contributed by atoms with Crippen molar-refractivity contribution < 1.29 is 0 Å². The molecule has 0 N–H and O–H groups in total. The highest BCUT2D eigenvalue weighted by Crippen LogP contribution is 2.25. The second-order valence-corrected chi connectivity index (χ2v) is 2.81. The first-order valence-corrected chi connectivity index (χ1v) is 3.80. The summed E-state index contributed by atoms with van der Waals surface area (Å²) in [6.07, 6.45) is 3.65. The van der Waals surface area contributed by atoms with Gasteiger partial charge in [0.25, 0.3) is 0 Å². The van der Waals surface area contributed by atoms with Gasteiger partial charge in [0.05, 0.1) is 5.69 Å². The molecule has 1 aliphatic heterocycles. The van der Waals surface area contributed by atoms with Gasteiger partial charge in [-0.15, -0.1) is 0 Å². The van der Waals surface area contributed by atoms with Crippen molar-refractivity contribution in [3.05, 3.63) is 28.7 Å². The van der Waals surface area contributed by atoms with Crippen LogP contribution in [0.3, 0.4) is 0 Å². The van der Waals surface area contributed by atoms with Gasteiger partial charge in [-0.1, -0.05) is 0 Å². The first kappa shape index (κ1) is 7.05. The average Bonchev–Trinajstić information content (AvgIpc) is 2.12. The van der Waals surface area contributed by atoms with E-state index < -0.39 is 0 Å². The third-order valence-electron chi connectivity index (χ3n) is 2.03. The smallest absolute Gasteiger partial charge is 0.103 e. The van der Waals surface area contributed by atoms with E-state index in [1.165, 1.54) is 5.56 Å². The van der Waals surface area contributed by atoms with Crippen molar-refractivity contribution in [1.82, 2.24) is 4.98 Å². The zero-order valence-electron chi connectivity index (χ0n) is 7.05. The molecule has 0 radical (unpaired) electrons. The topological polar surface area (TPSA) is 25.2 Å². The van der Waals surface area contributed by atoms with Crippen LogP contribution in [0.25, 0.3) is 6.08 Å². The zero-order chi connectivity index (χ0) is 8.55. The third kappa shape index (κ3) is 0.911. The molecule has 2 heterocycles. The van der Waals surface area contributed by atoms with E-state index in [4.69, 9.17) is 0 Å². The van der Waals surface area contributed by atoms with E-state index in [0.29, 0.717) is 0 Å². The molecular formula is C10H8N2. The van der Waals surface area contributed by atoms with Gasteiger partial charge in [-0.05, 0) is 30.7 Å². The van der Waals surface area contributed by atoms with Gasteiger partial charge in [0.1, 0.15) is 5.69 Å². The highest BCUT2D eigenvalue weighted by Gasteiger charge is 2.06. The fourth-order valence-corrected chi connectivity index (χ4v) is 1.14. The Morgan fingerprint density at radius 2 is 2.17 bits per heavy atom. The van der Waals surface area contributed by atoms with Crippen molar-refractivity contribution in [1.29, 1.82) is 0 Å². The van der Waals surface area contributed by atoms with Crippen LogP contribution in [-0.2, 0) is 0 Å². The second kappa shape index (κ2) is 2.46. The van der Waals surface area contributed by atoms with Crippen LogP contribution in [0.5, 0.6) is 0 Å². The average molecular weight is 156 g/mol. The van der Waals surface area contributed by atoms with Gasteiger partial charge in [0.2, 0.25) is 0 Å². The number of rotatable bonds is 0.